The Bertz CT molecular complexity index is 1980. The number of hydrogen-bond donors (Lipinski definition) is 0. The van der Waals surface area contributed by atoms with Crippen molar-refractivity contribution in [1.82, 2.24) is 0 Å². The number of anilines is 1. The van der Waals surface area contributed by atoms with Crippen LogP contribution in [0.25, 0.3) is 11.1 Å². The van der Waals surface area contributed by atoms with Crippen LogP contribution in [-0.4, -0.2) is 54.7 Å². The Kier molecular flexibility index (Phi) is 16.4. The standard InChI is InChI=1S/C44H53N5O9/c1-6-44(5,42(51)57-30-11-9-8-10-29-56-40-26-14-34(15-27-40)33-12-20-38(21-13-33)48(52)53)32-43(3,4)41(50)58-31-28-47(7-2)37-22-16-35(17-23-37)45-46-36-18-24-39(25-19-36)49(54)55/h12-27H,6-11,28-32H2,1-5H3/b46-45+. The van der Waals surface area contributed by atoms with Crippen molar-refractivity contribution in [3.8, 4) is 16.9 Å². The highest BCUT2D eigenvalue weighted by Crippen LogP contribution is 2.39. The van der Waals surface area contributed by atoms with E-state index in [-0.39, 0.29) is 36.3 Å². The first-order chi connectivity index (χ1) is 27.7. The van der Waals surface area contributed by atoms with Gasteiger partial charge in [-0.05, 0) is 138 Å². The summed E-state index contributed by atoms with van der Waals surface area (Å²) in [5.41, 5.74) is 2.16. The van der Waals surface area contributed by atoms with Gasteiger partial charge in [-0.2, -0.15) is 10.2 Å². The number of azo groups is 1. The van der Waals surface area contributed by atoms with Crippen LogP contribution in [0.2, 0.25) is 0 Å². The van der Waals surface area contributed by atoms with Gasteiger partial charge in [0.05, 0.1) is 51.8 Å². The van der Waals surface area contributed by atoms with E-state index in [9.17, 15) is 29.8 Å². The number of non-ortho nitro benzene ring substituents is 2. The molecule has 0 aliphatic carbocycles. The summed E-state index contributed by atoms with van der Waals surface area (Å²) in [4.78, 5) is 49.5. The number of hydrogen-bond acceptors (Lipinski definition) is 12. The number of benzene rings is 4. The number of esters is 2. The van der Waals surface area contributed by atoms with E-state index in [0.29, 0.717) is 44.1 Å². The van der Waals surface area contributed by atoms with Crippen LogP contribution in [0.5, 0.6) is 5.75 Å². The van der Waals surface area contributed by atoms with Crippen LogP contribution < -0.4 is 9.64 Å². The molecule has 0 aliphatic rings. The number of likely N-dealkylation sites (N-methyl/N-ethyl adjacent to an activating group) is 1. The first kappa shape index (κ1) is 44.5. The molecule has 0 heterocycles. The third-order valence-corrected chi connectivity index (χ3v) is 10.00. The van der Waals surface area contributed by atoms with Gasteiger partial charge in [0.1, 0.15) is 12.4 Å². The van der Waals surface area contributed by atoms with E-state index in [1.807, 2.05) is 69.3 Å². The average Bonchev–Trinajstić information content (AvgIpc) is 3.22. The smallest absolute Gasteiger partial charge is 0.311 e. The Labute approximate surface area is 339 Å². The molecule has 14 heteroatoms. The number of unbranched alkanes of at least 4 members (excludes halogenated alkanes) is 3. The van der Waals surface area contributed by atoms with Crippen LogP contribution in [0.1, 0.15) is 73.1 Å². The van der Waals surface area contributed by atoms with Crippen molar-refractivity contribution >= 4 is 40.4 Å². The Hall–Kier alpha value is -6.18. The third-order valence-electron chi connectivity index (χ3n) is 10.00. The summed E-state index contributed by atoms with van der Waals surface area (Å²) < 4.78 is 17.3. The molecule has 58 heavy (non-hydrogen) atoms. The number of nitro benzene ring substituents is 2. The summed E-state index contributed by atoms with van der Waals surface area (Å²) in [5, 5.41) is 30.1. The molecule has 1 atom stereocenters. The molecule has 0 saturated heterocycles. The van der Waals surface area contributed by atoms with Gasteiger partial charge in [-0.25, -0.2) is 0 Å². The van der Waals surface area contributed by atoms with E-state index >= 15 is 0 Å². The quantitative estimate of drug-likeness (QED) is 0.0231. The van der Waals surface area contributed by atoms with Gasteiger partial charge in [0.25, 0.3) is 11.4 Å². The zero-order chi connectivity index (χ0) is 42.1. The number of nitrogens with zero attached hydrogens (tertiary/aromatic N) is 5. The molecule has 0 N–H and O–H groups in total. The number of carbonyl (C=O) groups excluding carboxylic acids is 2. The molecule has 0 amide bonds. The lowest BCUT2D eigenvalue weighted by molar-refractivity contribution is -0.385. The maximum Gasteiger partial charge on any atom is 0.311 e. The van der Waals surface area contributed by atoms with Crippen molar-refractivity contribution in [3.05, 3.63) is 117 Å². The molecule has 0 bridgehead atoms. The summed E-state index contributed by atoms with van der Waals surface area (Å²) in [6.45, 7) is 11.6. The predicted octanol–water partition coefficient (Wildman–Crippen LogP) is 11.0. The van der Waals surface area contributed by atoms with Crippen molar-refractivity contribution in [2.45, 2.75) is 73.1 Å². The maximum absolute atomic E-state index is 13.3. The lowest BCUT2D eigenvalue weighted by Gasteiger charge is -2.34. The second-order valence-electron chi connectivity index (χ2n) is 14.9. The molecular formula is C44H53N5O9. The second-order valence-corrected chi connectivity index (χ2v) is 14.9. The molecular weight excluding hydrogens is 743 g/mol. The first-order valence-electron chi connectivity index (χ1n) is 19.6. The highest BCUT2D eigenvalue weighted by molar-refractivity contribution is 5.80. The topological polar surface area (TPSA) is 176 Å². The van der Waals surface area contributed by atoms with E-state index in [1.165, 1.54) is 36.4 Å². The van der Waals surface area contributed by atoms with Gasteiger partial charge in [0.2, 0.25) is 0 Å². The van der Waals surface area contributed by atoms with Crippen LogP contribution in [0.4, 0.5) is 28.4 Å². The van der Waals surface area contributed by atoms with E-state index in [2.05, 4.69) is 15.1 Å². The van der Waals surface area contributed by atoms with Crippen molar-refractivity contribution in [1.29, 1.82) is 0 Å². The maximum atomic E-state index is 13.3. The van der Waals surface area contributed by atoms with Crippen LogP contribution in [0.3, 0.4) is 0 Å². The predicted molar refractivity (Wildman–Crippen MR) is 223 cm³/mol. The Morgan fingerprint density at radius 2 is 1.12 bits per heavy atom. The van der Waals surface area contributed by atoms with Crippen LogP contribution >= 0.6 is 0 Å². The minimum atomic E-state index is -0.914. The summed E-state index contributed by atoms with van der Waals surface area (Å²) >= 11 is 0. The fraction of sp³-hybridized carbons (Fsp3) is 0.409. The Morgan fingerprint density at radius 1 is 0.638 bits per heavy atom. The van der Waals surface area contributed by atoms with E-state index in [1.54, 1.807) is 26.0 Å². The number of rotatable bonds is 23. The lowest BCUT2D eigenvalue weighted by atomic mass is 9.72. The minimum Gasteiger partial charge on any atom is -0.494 e. The molecule has 1 unspecified atom stereocenters. The number of ether oxygens (including phenoxy) is 3. The molecule has 0 saturated carbocycles. The summed E-state index contributed by atoms with van der Waals surface area (Å²) in [6, 6.07) is 27.3. The van der Waals surface area contributed by atoms with Gasteiger partial charge in [0.15, 0.2) is 0 Å². The second kappa shape index (κ2) is 21.4. The van der Waals surface area contributed by atoms with Crippen LogP contribution in [0, 0.1) is 31.1 Å². The van der Waals surface area contributed by atoms with Crippen molar-refractivity contribution < 1.29 is 33.6 Å². The number of nitro groups is 2. The third kappa shape index (κ3) is 13.2. The molecule has 0 radical (unpaired) electrons. The molecule has 0 aromatic heterocycles. The van der Waals surface area contributed by atoms with E-state index in [4.69, 9.17) is 14.2 Å². The highest BCUT2D eigenvalue weighted by Gasteiger charge is 2.43. The summed E-state index contributed by atoms with van der Waals surface area (Å²) in [5.74, 6) is 0.0607. The molecule has 4 aromatic rings. The largest absolute Gasteiger partial charge is 0.494 e. The molecule has 14 nitrogen and oxygen atoms in total. The summed E-state index contributed by atoms with van der Waals surface area (Å²) in [7, 11) is 0. The lowest BCUT2D eigenvalue weighted by Crippen LogP contribution is -2.39. The van der Waals surface area contributed by atoms with Crippen LogP contribution in [0.15, 0.2) is 107 Å². The van der Waals surface area contributed by atoms with Gasteiger partial charge < -0.3 is 19.1 Å². The Morgan fingerprint density at radius 3 is 1.64 bits per heavy atom. The van der Waals surface area contributed by atoms with E-state index in [0.717, 1.165) is 48.2 Å². The van der Waals surface area contributed by atoms with Crippen molar-refractivity contribution in [2.24, 2.45) is 21.1 Å². The van der Waals surface area contributed by atoms with Gasteiger partial charge in [0, 0.05) is 36.5 Å². The van der Waals surface area contributed by atoms with Crippen molar-refractivity contribution in [3.63, 3.8) is 0 Å². The molecule has 0 fully saturated rings. The first-order valence-corrected chi connectivity index (χ1v) is 19.6. The summed E-state index contributed by atoms with van der Waals surface area (Å²) in [6.07, 6.45) is 4.18. The normalized spacial score (nSPS) is 12.4. The number of carbonyl (C=O) groups is 2. The van der Waals surface area contributed by atoms with Crippen molar-refractivity contribution in [2.75, 3.05) is 37.8 Å². The van der Waals surface area contributed by atoms with E-state index < -0.39 is 20.7 Å². The molecule has 308 valence electrons. The average molecular weight is 796 g/mol. The highest BCUT2D eigenvalue weighted by atomic mass is 16.6. The zero-order valence-electron chi connectivity index (χ0n) is 33.9. The van der Waals surface area contributed by atoms with Gasteiger partial charge in [-0.3, -0.25) is 29.8 Å². The molecule has 4 aromatic carbocycles. The van der Waals surface area contributed by atoms with Gasteiger partial charge in [-0.15, -0.1) is 0 Å². The minimum absolute atomic E-state index is 0.0127. The molecule has 0 aliphatic heterocycles. The monoisotopic (exact) mass is 795 g/mol. The van der Waals surface area contributed by atoms with Gasteiger partial charge >= 0.3 is 11.9 Å². The Balaban J connectivity index is 1.13. The molecule has 4 rings (SSSR count). The SMILES string of the molecule is CCN(CCOC(=O)C(C)(C)CC(C)(CC)C(=O)OCCCCCCOc1ccc(-c2ccc([N+](=O)[O-])cc2)cc1)c1ccc(/N=N/c2ccc([N+](=O)[O-])cc2)cc1. The van der Waals surface area contributed by atoms with Gasteiger partial charge in [-0.1, -0.05) is 19.1 Å². The fourth-order valence-electron chi connectivity index (χ4n) is 6.40. The van der Waals surface area contributed by atoms with Crippen LogP contribution in [-0.2, 0) is 19.1 Å². The zero-order valence-corrected chi connectivity index (χ0v) is 33.9. The molecule has 0 spiro atoms. The fourth-order valence-corrected chi connectivity index (χ4v) is 6.40.